The molecule has 1 saturated heterocycles. The Morgan fingerprint density at radius 2 is 2.28 bits per heavy atom. The molecule has 0 radical (unpaired) electrons. The standard InChI is InChI=1S/C17H28N6O2/c1-4-8-18-17(19-9-12-23-13-20-21-15(23)5-2)22-10-6-14(7-11-22)16(24)25-3/h4,13-14H,1,5-12H2,2-3H3,(H,18,19). The number of carbonyl (C=O) groups excluding carboxylic acids is 1. The molecule has 0 spiro atoms. The minimum absolute atomic E-state index is 0.00830. The van der Waals surface area contributed by atoms with E-state index < -0.39 is 0 Å². The second-order valence-electron chi connectivity index (χ2n) is 5.95. The summed E-state index contributed by atoms with van der Waals surface area (Å²) in [5.41, 5.74) is 0. The maximum Gasteiger partial charge on any atom is 0.308 e. The highest BCUT2D eigenvalue weighted by molar-refractivity contribution is 5.80. The Hall–Kier alpha value is -2.38. The average molecular weight is 348 g/mol. The fourth-order valence-corrected chi connectivity index (χ4v) is 2.93. The number of methoxy groups -OCH3 is 1. The van der Waals surface area contributed by atoms with Crippen molar-refractivity contribution in [2.75, 3.05) is 33.3 Å². The van der Waals surface area contributed by atoms with Gasteiger partial charge in [-0.1, -0.05) is 13.0 Å². The van der Waals surface area contributed by atoms with Crippen LogP contribution in [-0.2, 0) is 22.5 Å². The van der Waals surface area contributed by atoms with Crippen molar-refractivity contribution in [1.29, 1.82) is 0 Å². The average Bonchev–Trinajstić information content (AvgIpc) is 3.11. The van der Waals surface area contributed by atoms with E-state index in [0.29, 0.717) is 13.1 Å². The van der Waals surface area contributed by atoms with Gasteiger partial charge in [-0.2, -0.15) is 0 Å². The van der Waals surface area contributed by atoms with Crippen molar-refractivity contribution >= 4 is 11.9 Å². The second-order valence-corrected chi connectivity index (χ2v) is 5.95. The highest BCUT2D eigenvalue weighted by Crippen LogP contribution is 2.18. The molecule has 25 heavy (non-hydrogen) atoms. The lowest BCUT2D eigenvalue weighted by atomic mass is 9.97. The van der Waals surface area contributed by atoms with Crippen molar-refractivity contribution in [3.05, 3.63) is 24.8 Å². The number of carbonyl (C=O) groups is 1. The zero-order valence-corrected chi connectivity index (χ0v) is 15.1. The van der Waals surface area contributed by atoms with Crippen molar-refractivity contribution in [3.8, 4) is 0 Å². The molecule has 0 aromatic carbocycles. The van der Waals surface area contributed by atoms with Gasteiger partial charge in [-0.15, -0.1) is 16.8 Å². The van der Waals surface area contributed by atoms with E-state index in [9.17, 15) is 4.79 Å². The number of piperidine rings is 1. The molecule has 0 unspecified atom stereocenters. The summed E-state index contributed by atoms with van der Waals surface area (Å²) in [5.74, 6) is 1.70. The van der Waals surface area contributed by atoms with Gasteiger partial charge in [-0.3, -0.25) is 9.79 Å². The lowest BCUT2D eigenvalue weighted by Crippen LogP contribution is -2.47. The molecule has 2 rings (SSSR count). The van der Waals surface area contributed by atoms with Gasteiger partial charge in [0.25, 0.3) is 0 Å². The molecule has 1 aliphatic heterocycles. The zero-order valence-electron chi connectivity index (χ0n) is 15.1. The lowest BCUT2D eigenvalue weighted by molar-refractivity contribution is -0.146. The number of ether oxygens (including phenoxy) is 1. The highest BCUT2D eigenvalue weighted by Gasteiger charge is 2.26. The SMILES string of the molecule is C=CCNC(=NCCn1cnnc1CC)N1CCC(C(=O)OC)CC1. The van der Waals surface area contributed by atoms with Crippen molar-refractivity contribution in [3.63, 3.8) is 0 Å². The summed E-state index contributed by atoms with van der Waals surface area (Å²) in [4.78, 5) is 18.6. The third kappa shape index (κ3) is 5.30. The van der Waals surface area contributed by atoms with Crippen LogP contribution in [0, 0.1) is 5.92 Å². The van der Waals surface area contributed by atoms with Crippen LogP contribution in [0.5, 0.6) is 0 Å². The fraction of sp³-hybridized carbons (Fsp3) is 0.647. The Bertz CT molecular complexity index is 590. The first kappa shape index (κ1) is 19.0. The van der Waals surface area contributed by atoms with Gasteiger partial charge in [-0.05, 0) is 12.8 Å². The Balaban J connectivity index is 1.93. The van der Waals surface area contributed by atoms with E-state index in [2.05, 4.69) is 33.9 Å². The summed E-state index contributed by atoms with van der Waals surface area (Å²) >= 11 is 0. The smallest absolute Gasteiger partial charge is 0.308 e. The molecule has 1 aromatic heterocycles. The lowest BCUT2D eigenvalue weighted by Gasteiger charge is -2.33. The van der Waals surface area contributed by atoms with E-state index in [-0.39, 0.29) is 11.9 Å². The van der Waals surface area contributed by atoms with Gasteiger partial charge in [0.1, 0.15) is 12.2 Å². The number of nitrogens with zero attached hydrogens (tertiary/aromatic N) is 5. The van der Waals surface area contributed by atoms with Gasteiger partial charge < -0.3 is 19.5 Å². The van der Waals surface area contributed by atoms with Crippen molar-refractivity contribution < 1.29 is 9.53 Å². The first-order valence-corrected chi connectivity index (χ1v) is 8.78. The molecule has 0 amide bonds. The Morgan fingerprint density at radius 3 is 2.92 bits per heavy atom. The van der Waals surface area contributed by atoms with Gasteiger partial charge in [0.15, 0.2) is 5.96 Å². The maximum atomic E-state index is 11.7. The number of aliphatic imine (C=N–C) groups is 1. The molecular formula is C17H28N6O2. The quantitative estimate of drug-likeness (QED) is 0.340. The van der Waals surface area contributed by atoms with Crippen LogP contribution in [0.1, 0.15) is 25.6 Å². The van der Waals surface area contributed by atoms with Crippen LogP contribution < -0.4 is 5.32 Å². The third-order valence-corrected chi connectivity index (χ3v) is 4.35. The number of hydrogen-bond donors (Lipinski definition) is 1. The van der Waals surface area contributed by atoms with Crippen LogP contribution in [0.3, 0.4) is 0 Å². The molecule has 1 aliphatic rings. The zero-order chi connectivity index (χ0) is 18.1. The minimum Gasteiger partial charge on any atom is -0.469 e. The van der Waals surface area contributed by atoms with Gasteiger partial charge in [-0.25, -0.2) is 0 Å². The number of guanidine groups is 1. The summed E-state index contributed by atoms with van der Waals surface area (Å²) < 4.78 is 6.87. The summed E-state index contributed by atoms with van der Waals surface area (Å²) in [6.45, 7) is 9.43. The summed E-state index contributed by atoms with van der Waals surface area (Å²) in [5, 5.41) is 11.3. The number of esters is 1. The molecule has 1 fully saturated rings. The molecule has 0 aliphatic carbocycles. The van der Waals surface area contributed by atoms with E-state index in [0.717, 1.165) is 50.7 Å². The molecule has 0 bridgehead atoms. The third-order valence-electron chi connectivity index (χ3n) is 4.35. The van der Waals surface area contributed by atoms with Crippen LogP contribution in [0.25, 0.3) is 0 Å². The van der Waals surface area contributed by atoms with E-state index >= 15 is 0 Å². The van der Waals surface area contributed by atoms with E-state index in [1.807, 2.05) is 10.6 Å². The van der Waals surface area contributed by atoms with Crippen LogP contribution in [0.15, 0.2) is 24.0 Å². The monoisotopic (exact) mass is 348 g/mol. The maximum absolute atomic E-state index is 11.7. The highest BCUT2D eigenvalue weighted by atomic mass is 16.5. The van der Waals surface area contributed by atoms with E-state index in [1.165, 1.54) is 7.11 Å². The van der Waals surface area contributed by atoms with Crippen LogP contribution in [-0.4, -0.2) is 64.9 Å². The molecular weight excluding hydrogens is 320 g/mol. The normalized spacial score (nSPS) is 15.9. The van der Waals surface area contributed by atoms with Gasteiger partial charge in [0.05, 0.1) is 19.6 Å². The first-order valence-electron chi connectivity index (χ1n) is 8.78. The van der Waals surface area contributed by atoms with Crippen LogP contribution in [0.2, 0.25) is 0 Å². The molecule has 138 valence electrons. The first-order chi connectivity index (χ1) is 12.2. The molecule has 1 aromatic rings. The minimum atomic E-state index is -0.114. The fourth-order valence-electron chi connectivity index (χ4n) is 2.93. The molecule has 8 nitrogen and oxygen atoms in total. The van der Waals surface area contributed by atoms with Crippen LogP contribution in [0.4, 0.5) is 0 Å². The molecule has 1 N–H and O–H groups in total. The summed E-state index contributed by atoms with van der Waals surface area (Å²) in [6.07, 6.45) is 5.98. The Labute approximate surface area is 149 Å². The van der Waals surface area contributed by atoms with Crippen molar-refractivity contribution in [2.24, 2.45) is 10.9 Å². The Morgan fingerprint density at radius 1 is 1.52 bits per heavy atom. The molecule has 2 heterocycles. The van der Waals surface area contributed by atoms with Gasteiger partial charge in [0, 0.05) is 32.6 Å². The number of rotatable bonds is 7. The topological polar surface area (TPSA) is 84.6 Å². The Kier molecular flexibility index (Phi) is 7.43. The van der Waals surface area contributed by atoms with E-state index in [4.69, 9.17) is 9.73 Å². The number of aryl methyl sites for hydroxylation is 1. The van der Waals surface area contributed by atoms with Gasteiger partial charge >= 0.3 is 5.97 Å². The number of nitrogens with one attached hydrogen (secondary N) is 1. The van der Waals surface area contributed by atoms with Crippen molar-refractivity contribution in [2.45, 2.75) is 32.7 Å². The largest absolute Gasteiger partial charge is 0.469 e. The number of aromatic nitrogens is 3. The summed E-state index contributed by atoms with van der Waals surface area (Å²) in [7, 11) is 1.45. The van der Waals surface area contributed by atoms with Crippen molar-refractivity contribution in [1.82, 2.24) is 25.0 Å². The molecule has 0 atom stereocenters. The van der Waals surface area contributed by atoms with Gasteiger partial charge in [0.2, 0.25) is 0 Å². The van der Waals surface area contributed by atoms with E-state index in [1.54, 1.807) is 6.33 Å². The summed E-state index contributed by atoms with van der Waals surface area (Å²) in [6, 6.07) is 0. The predicted molar refractivity (Wildman–Crippen MR) is 96.2 cm³/mol. The molecule has 0 saturated carbocycles. The number of hydrogen-bond acceptors (Lipinski definition) is 5. The van der Waals surface area contributed by atoms with Crippen LogP contribution >= 0.6 is 0 Å². The predicted octanol–water partition coefficient (Wildman–Crippen LogP) is 0.857. The second kappa shape index (κ2) is 9.80. The number of likely N-dealkylation sites (tertiary alicyclic amines) is 1. The molecule has 8 heteroatoms.